The highest BCUT2D eigenvalue weighted by Crippen LogP contribution is 2.43. The summed E-state index contributed by atoms with van der Waals surface area (Å²) in [6, 6.07) is 9.00. The van der Waals surface area contributed by atoms with Crippen molar-refractivity contribution < 1.29 is 9.53 Å². The highest BCUT2D eigenvalue weighted by Gasteiger charge is 2.35. The van der Waals surface area contributed by atoms with Crippen LogP contribution in [-0.2, 0) is 5.60 Å². The van der Waals surface area contributed by atoms with Crippen LogP contribution in [0.4, 0.5) is 0 Å². The molecule has 6 heteroatoms. The summed E-state index contributed by atoms with van der Waals surface area (Å²) in [5.41, 5.74) is 6.86. The Morgan fingerprint density at radius 1 is 1.30 bits per heavy atom. The lowest BCUT2D eigenvalue weighted by Crippen LogP contribution is -2.33. The molecule has 0 saturated heterocycles. The van der Waals surface area contributed by atoms with E-state index in [1.807, 2.05) is 36.6 Å². The summed E-state index contributed by atoms with van der Waals surface area (Å²) in [6.07, 6.45) is 0. The van der Waals surface area contributed by atoms with Gasteiger partial charge in [-0.1, -0.05) is 17.7 Å². The topological polar surface area (TPSA) is 57.2 Å². The second-order valence-corrected chi connectivity index (χ2v) is 5.39. The smallest absolute Gasteiger partial charge is 0.252 e. The zero-order valence-corrected chi connectivity index (χ0v) is 12.6. The molecule has 0 aliphatic carbocycles. The molecular formula is C14H14Cl2N2O2. The molecule has 1 aliphatic heterocycles. The van der Waals surface area contributed by atoms with Crippen LogP contribution in [0.1, 0.15) is 29.9 Å². The first-order valence-electron chi connectivity index (χ1n) is 5.92. The summed E-state index contributed by atoms with van der Waals surface area (Å²) in [7, 11) is 0. The van der Waals surface area contributed by atoms with Crippen LogP contribution in [0.5, 0.6) is 5.75 Å². The standard InChI is InChI=1S/C14H13ClN2O2.ClH/c1-14(2)10-6-7-11(15)17(10)9-5-3-4-8(13(16)18)12(9)19-14;/h3-7H,1-2H3,(H2,16,18);1H. The quantitative estimate of drug-likeness (QED) is 0.878. The predicted octanol–water partition coefficient (Wildman–Crippen LogP) is 3.28. The number of benzene rings is 1. The number of aromatic nitrogens is 1. The third kappa shape index (κ3) is 1.96. The van der Waals surface area contributed by atoms with Gasteiger partial charge in [-0.05, 0) is 38.1 Å². The maximum absolute atomic E-state index is 11.5. The van der Waals surface area contributed by atoms with E-state index in [2.05, 4.69) is 0 Å². The molecule has 0 bridgehead atoms. The minimum Gasteiger partial charge on any atom is -0.479 e. The number of nitrogens with two attached hydrogens (primary N) is 1. The van der Waals surface area contributed by atoms with Crippen LogP contribution in [0.2, 0.25) is 5.15 Å². The molecule has 20 heavy (non-hydrogen) atoms. The molecule has 4 nitrogen and oxygen atoms in total. The summed E-state index contributed by atoms with van der Waals surface area (Å²) in [4.78, 5) is 11.5. The zero-order valence-electron chi connectivity index (χ0n) is 11.0. The number of rotatable bonds is 1. The first kappa shape index (κ1) is 14.8. The lowest BCUT2D eigenvalue weighted by atomic mass is 10.0. The minimum atomic E-state index is -0.578. The van der Waals surface area contributed by atoms with Crippen molar-refractivity contribution >= 4 is 29.9 Å². The number of carbonyl (C=O) groups excluding carboxylic acids is 1. The Kier molecular flexibility index (Phi) is 3.48. The molecule has 0 radical (unpaired) electrons. The maximum atomic E-state index is 11.5. The van der Waals surface area contributed by atoms with Crippen LogP contribution < -0.4 is 10.5 Å². The van der Waals surface area contributed by atoms with Gasteiger partial charge in [-0.25, -0.2) is 0 Å². The zero-order chi connectivity index (χ0) is 13.8. The third-order valence-electron chi connectivity index (χ3n) is 3.31. The molecule has 1 aromatic carbocycles. The third-order valence-corrected chi connectivity index (χ3v) is 3.60. The predicted molar refractivity (Wildman–Crippen MR) is 80.2 cm³/mol. The van der Waals surface area contributed by atoms with Crippen molar-refractivity contribution in [1.82, 2.24) is 4.57 Å². The first-order chi connectivity index (χ1) is 8.92. The van der Waals surface area contributed by atoms with E-state index in [-0.39, 0.29) is 12.4 Å². The maximum Gasteiger partial charge on any atom is 0.252 e. The number of primary amides is 1. The fourth-order valence-electron chi connectivity index (χ4n) is 2.44. The van der Waals surface area contributed by atoms with Gasteiger partial charge in [0, 0.05) is 0 Å². The largest absolute Gasteiger partial charge is 0.479 e. The van der Waals surface area contributed by atoms with Crippen molar-refractivity contribution in [3.05, 3.63) is 46.7 Å². The van der Waals surface area contributed by atoms with Gasteiger partial charge in [0.2, 0.25) is 0 Å². The molecule has 0 unspecified atom stereocenters. The first-order valence-corrected chi connectivity index (χ1v) is 6.29. The van der Waals surface area contributed by atoms with E-state index in [4.69, 9.17) is 22.1 Å². The van der Waals surface area contributed by atoms with Crippen LogP contribution in [-0.4, -0.2) is 10.5 Å². The van der Waals surface area contributed by atoms with Crippen LogP contribution in [0.15, 0.2) is 30.3 Å². The highest BCUT2D eigenvalue weighted by molar-refractivity contribution is 6.30. The van der Waals surface area contributed by atoms with Crippen LogP contribution >= 0.6 is 24.0 Å². The Morgan fingerprint density at radius 3 is 2.65 bits per heavy atom. The summed E-state index contributed by atoms with van der Waals surface area (Å²) in [5.74, 6) is -0.0371. The summed E-state index contributed by atoms with van der Waals surface area (Å²) in [6.45, 7) is 3.85. The molecule has 1 aliphatic rings. The molecule has 1 amide bonds. The number of amides is 1. The number of ether oxygens (including phenoxy) is 1. The van der Waals surface area contributed by atoms with Crippen molar-refractivity contribution in [3.8, 4) is 11.4 Å². The molecule has 2 N–H and O–H groups in total. The molecule has 106 valence electrons. The van der Waals surface area contributed by atoms with E-state index >= 15 is 0 Å². The highest BCUT2D eigenvalue weighted by atomic mass is 35.5. The Hall–Kier alpha value is -1.65. The molecule has 0 fully saturated rings. The molecule has 0 saturated carbocycles. The van der Waals surface area contributed by atoms with Gasteiger partial charge in [-0.15, -0.1) is 12.4 Å². The van der Waals surface area contributed by atoms with Crippen LogP contribution in [0.3, 0.4) is 0 Å². The van der Waals surface area contributed by atoms with Gasteiger partial charge in [0.1, 0.15) is 10.8 Å². The van der Waals surface area contributed by atoms with Gasteiger partial charge in [0.15, 0.2) is 5.75 Å². The van der Waals surface area contributed by atoms with E-state index in [9.17, 15) is 4.79 Å². The van der Waals surface area contributed by atoms with Crippen molar-refractivity contribution in [2.24, 2.45) is 5.73 Å². The van der Waals surface area contributed by atoms with Crippen molar-refractivity contribution in [2.45, 2.75) is 19.4 Å². The Labute approximate surface area is 127 Å². The van der Waals surface area contributed by atoms with Gasteiger partial charge in [-0.3, -0.25) is 9.36 Å². The van der Waals surface area contributed by atoms with E-state index in [1.165, 1.54) is 0 Å². The fourth-order valence-corrected chi connectivity index (χ4v) is 2.68. The Morgan fingerprint density at radius 2 is 2.00 bits per heavy atom. The minimum absolute atomic E-state index is 0. The fraction of sp³-hybridized carbons (Fsp3) is 0.214. The number of hydrogen-bond donors (Lipinski definition) is 1. The molecule has 2 heterocycles. The van der Waals surface area contributed by atoms with Gasteiger partial charge in [-0.2, -0.15) is 0 Å². The lowest BCUT2D eigenvalue weighted by molar-refractivity contribution is 0.0866. The van der Waals surface area contributed by atoms with Crippen molar-refractivity contribution in [1.29, 1.82) is 0 Å². The molecule has 1 aromatic heterocycles. The monoisotopic (exact) mass is 312 g/mol. The average molecular weight is 313 g/mol. The lowest BCUT2D eigenvalue weighted by Gasteiger charge is -2.35. The summed E-state index contributed by atoms with van der Waals surface area (Å²) in [5, 5.41) is 0.578. The van der Waals surface area contributed by atoms with Gasteiger partial charge in [0.25, 0.3) is 5.91 Å². The van der Waals surface area contributed by atoms with E-state index in [1.54, 1.807) is 12.1 Å². The molecular weight excluding hydrogens is 299 g/mol. The normalized spacial score (nSPS) is 14.6. The number of para-hydroxylation sites is 1. The SMILES string of the molecule is CC1(C)Oc2c(C(N)=O)cccc2-n2c(Cl)ccc21.Cl. The van der Waals surface area contributed by atoms with E-state index in [0.29, 0.717) is 16.5 Å². The van der Waals surface area contributed by atoms with Gasteiger partial charge in [0.05, 0.1) is 16.9 Å². The van der Waals surface area contributed by atoms with E-state index in [0.717, 1.165) is 11.4 Å². The molecule has 3 rings (SSSR count). The molecule has 2 aromatic rings. The number of halogens is 2. The van der Waals surface area contributed by atoms with Crippen molar-refractivity contribution in [3.63, 3.8) is 0 Å². The summed E-state index contributed by atoms with van der Waals surface area (Å²) < 4.78 is 7.85. The van der Waals surface area contributed by atoms with Crippen LogP contribution in [0.25, 0.3) is 5.69 Å². The number of hydrogen-bond acceptors (Lipinski definition) is 2. The Bertz CT molecular complexity index is 692. The number of carbonyl (C=O) groups is 1. The second-order valence-electron chi connectivity index (χ2n) is 5.01. The Balaban J connectivity index is 0.00000147. The summed E-state index contributed by atoms with van der Waals surface area (Å²) >= 11 is 6.24. The second kappa shape index (κ2) is 4.72. The molecule has 0 atom stereocenters. The van der Waals surface area contributed by atoms with Gasteiger partial charge >= 0.3 is 0 Å². The van der Waals surface area contributed by atoms with Crippen LogP contribution in [0, 0.1) is 0 Å². The number of fused-ring (bicyclic) bond motifs is 3. The van der Waals surface area contributed by atoms with Gasteiger partial charge < -0.3 is 10.5 Å². The average Bonchev–Trinajstić information content (AvgIpc) is 2.71. The number of nitrogens with zero attached hydrogens (tertiary/aromatic N) is 1. The van der Waals surface area contributed by atoms with Crippen molar-refractivity contribution in [2.75, 3.05) is 0 Å². The van der Waals surface area contributed by atoms with E-state index < -0.39 is 11.5 Å². The molecule has 0 spiro atoms.